The van der Waals surface area contributed by atoms with Crippen LogP contribution in [0.4, 0.5) is 5.82 Å². The van der Waals surface area contributed by atoms with Gasteiger partial charge < -0.3 is 10.6 Å². The molecule has 1 aliphatic heterocycles. The van der Waals surface area contributed by atoms with E-state index in [0.717, 1.165) is 5.56 Å². The summed E-state index contributed by atoms with van der Waals surface area (Å²) in [6.45, 7) is 0.378. The van der Waals surface area contributed by atoms with E-state index in [2.05, 4.69) is 25.8 Å². The van der Waals surface area contributed by atoms with Crippen LogP contribution < -0.4 is 10.6 Å². The Balaban J connectivity index is 1.55. The van der Waals surface area contributed by atoms with Gasteiger partial charge in [0.05, 0.1) is 11.5 Å². The van der Waals surface area contributed by atoms with Crippen molar-refractivity contribution in [3.05, 3.63) is 47.9 Å². The minimum atomic E-state index is -2.95. The van der Waals surface area contributed by atoms with Crippen LogP contribution in [0.5, 0.6) is 0 Å². The average molecular weight is 347 g/mol. The third kappa shape index (κ3) is 4.25. The normalized spacial score (nSPS) is 18.9. The molecular weight excluding hydrogens is 330 g/mol. The maximum Gasteiger partial charge on any atom is 0.272 e. The zero-order valence-corrected chi connectivity index (χ0v) is 13.7. The molecule has 0 aromatic carbocycles. The molecule has 24 heavy (non-hydrogen) atoms. The van der Waals surface area contributed by atoms with Gasteiger partial charge in [-0.25, -0.2) is 8.42 Å². The number of nitrogens with zero attached hydrogens (tertiary/aromatic N) is 3. The van der Waals surface area contributed by atoms with Gasteiger partial charge in [0.2, 0.25) is 0 Å². The predicted molar refractivity (Wildman–Crippen MR) is 88.1 cm³/mol. The Kier molecular flexibility index (Phi) is 4.70. The van der Waals surface area contributed by atoms with Gasteiger partial charge in [-0.15, -0.1) is 10.2 Å². The van der Waals surface area contributed by atoms with Crippen molar-refractivity contribution in [1.29, 1.82) is 0 Å². The molecule has 1 aliphatic rings. The van der Waals surface area contributed by atoms with E-state index in [9.17, 15) is 13.2 Å². The molecule has 9 heteroatoms. The average Bonchev–Trinajstić information content (AvgIpc) is 2.93. The minimum absolute atomic E-state index is 0.100. The van der Waals surface area contributed by atoms with Gasteiger partial charge >= 0.3 is 0 Å². The van der Waals surface area contributed by atoms with Gasteiger partial charge in [0.1, 0.15) is 5.82 Å². The van der Waals surface area contributed by atoms with Gasteiger partial charge in [-0.05, 0) is 36.2 Å². The number of rotatable bonds is 5. The molecule has 3 heterocycles. The van der Waals surface area contributed by atoms with Gasteiger partial charge in [0.15, 0.2) is 15.5 Å². The number of aromatic nitrogens is 3. The fraction of sp³-hybridized carbons (Fsp3) is 0.333. The number of hydrogen-bond acceptors (Lipinski definition) is 7. The molecule has 2 aromatic rings. The Labute approximate surface area is 139 Å². The van der Waals surface area contributed by atoms with Crippen LogP contribution in [0.1, 0.15) is 22.5 Å². The molecule has 8 nitrogen and oxygen atoms in total. The van der Waals surface area contributed by atoms with Crippen LogP contribution in [0.2, 0.25) is 0 Å². The Morgan fingerprint density at radius 3 is 2.58 bits per heavy atom. The molecule has 0 aliphatic carbocycles. The standard InChI is InChI=1S/C15H17N5O3S/c21-15(17-9-11-3-6-16-7-4-11)13-1-2-14(20-19-13)18-12-5-8-24(22,23)10-12/h1-4,6-7,12H,5,8-10H2,(H,17,21)(H,18,20). The topological polar surface area (TPSA) is 114 Å². The highest BCUT2D eigenvalue weighted by Crippen LogP contribution is 2.15. The monoisotopic (exact) mass is 347 g/mol. The van der Waals surface area contributed by atoms with E-state index in [4.69, 9.17) is 0 Å². The highest BCUT2D eigenvalue weighted by Gasteiger charge is 2.27. The predicted octanol–water partition coefficient (Wildman–Crippen LogP) is 0.401. The Morgan fingerprint density at radius 2 is 1.96 bits per heavy atom. The third-order valence-electron chi connectivity index (χ3n) is 3.68. The first kappa shape index (κ1) is 16.3. The number of pyridine rings is 1. The van der Waals surface area contributed by atoms with Gasteiger partial charge in [-0.1, -0.05) is 0 Å². The molecular formula is C15H17N5O3S. The molecule has 1 saturated heterocycles. The first-order chi connectivity index (χ1) is 11.5. The van der Waals surface area contributed by atoms with E-state index < -0.39 is 9.84 Å². The molecule has 0 spiro atoms. The summed E-state index contributed by atoms with van der Waals surface area (Å²) in [5, 5.41) is 13.6. The van der Waals surface area contributed by atoms with E-state index in [1.165, 1.54) is 0 Å². The molecule has 1 atom stereocenters. The second-order valence-electron chi connectivity index (χ2n) is 5.59. The van der Waals surface area contributed by atoms with Crippen molar-refractivity contribution in [3.63, 3.8) is 0 Å². The van der Waals surface area contributed by atoms with Crippen LogP contribution in [0.15, 0.2) is 36.7 Å². The van der Waals surface area contributed by atoms with Gasteiger partial charge in [-0.3, -0.25) is 9.78 Å². The summed E-state index contributed by atoms with van der Waals surface area (Å²) in [7, 11) is -2.95. The fourth-order valence-corrected chi connectivity index (χ4v) is 4.10. The van der Waals surface area contributed by atoms with E-state index in [1.54, 1.807) is 24.5 Å². The largest absolute Gasteiger partial charge is 0.365 e. The van der Waals surface area contributed by atoms with Crippen LogP contribution in [0, 0.1) is 0 Å². The van der Waals surface area contributed by atoms with Crippen molar-refractivity contribution in [3.8, 4) is 0 Å². The lowest BCUT2D eigenvalue weighted by molar-refractivity contribution is 0.0945. The number of hydrogen-bond donors (Lipinski definition) is 2. The summed E-state index contributed by atoms with van der Waals surface area (Å²) >= 11 is 0. The summed E-state index contributed by atoms with van der Waals surface area (Å²) in [6, 6.07) is 6.65. The second-order valence-corrected chi connectivity index (χ2v) is 7.81. The molecule has 0 bridgehead atoms. The van der Waals surface area contributed by atoms with Gasteiger partial charge in [-0.2, -0.15) is 0 Å². The lowest BCUT2D eigenvalue weighted by Crippen LogP contribution is -2.25. The zero-order valence-electron chi connectivity index (χ0n) is 12.8. The second kappa shape index (κ2) is 6.91. The Hall–Kier alpha value is -2.55. The van der Waals surface area contributed by atoms with E-state index in [0.29, 0.717) is 18.8 Å². The molecule has 2 N–H and O–H groups in total. The van der Waals surface area contributed by atoms with Crippen LogP contribution in [-0.2, 0) is 16.4 Å². The number of carbonyl (C=O) groups excluding carboxylic acids is 1. The number of sulfone groups is 1. The first-order valence-electron chi connectivity index (χ1n) is 7.50. The molecule has 1 amide bonds. The number of carbonyl (C=O) groups is 1. The van der Waals surface area contributed by atoms with Crippen LogP contribution in [-0.4, -0.2) is 47.1 Å². The summed E-state index contributed by atoms with van der Waals surface area (Å²) in [6.07, 6.45) is 3.87. The molecule has 1 unspecified atom stereocenters. The molecule has 1 fully saturated rings. The Morgan fingerprint density at radius 1 is 1.17 bits per heavy atom. The fourth-order valence-electron chi connectivity index (χ4n) is 2.42. The SMILES string of the molecule is O=C(NCc1ccncc1)c1ccc(NC2CCS(=O)(=O)C2)nn1. The van der Waals surface area contributed by atoms with Crippen molar-refractivity contribution in [1.82, 2.24) is 20.5 Å². The van der Waals surface area contributed by atoms with Crippen molar-refractivity contribution in [2.45, 2.75) is 19.0 Å². The lowest BCUT2D eigenvalue weighted by atomic mass is 10.2. The smallest absolute Gasteiger partial charge is 0.272 e. The summed E-state index contributed by atoms with van der Waals surface area (Å²) in [5.74, 6) is 0.424. The maximum atomic E-state index is 12.0. The molecule has 2 aromatic heterocycles. The lowest BCUT2D eigenvalue weighted by Gasteiger charge is -2.11. The van der Waals surface area contributed by atoms with Crippen LogP contribution in [0.3, 0.4) is 0 Å². The zero-order chi connectivity index (χ0) is 17.0. The van der Waals surface area contributed by atoms with E-state index in [-0.39, 0.29) is 29.1 Å². The van der Waals surface area contributed by atoms with Crippen LogP contribution in [0.25, 0.3) is 0 Å². The summed E-state index contributed by atoms with van der Waals surface area (Å²) in [5.41, 5.74) is 1.14. The molecule has 126 valence electrons. The summed E-state index contributed by atoms with van der Waals surface area (Å²) in [4.78, 5) is 15.9. The number of amides is 1. The first-order valence-corrected chi connectivity index (χ1v) is 9.32. The maximum absolute atomic E-state index is 12.0. The van der Waals surface area contributed by atoms with E-state index in [1.807, 2.05) is 12.1 Å². The third-order valence-corrected chi connectivity index (χ3v) is 5.45. The van der Waals surface area contributed by atoms with Gasteiger partial charge in [0.25, 0.3) is 5.91 Å². The quantitative estimate of drug-likeness (QED) is 0.804. The van der Waals surface area contributed by atoms with Crippen molar-refractivity contribution in [2.24, 2.45) is 0 Å². The minimum Gasteiger partial charge on any atom is -0.365 e. The molecule has 0 radical (unpaired) electrons. The number of nitrogens with one attached hydrogen (secondary N) is 2. The highest BCUT2D eigenvalue weighted by molar-refractivity contribution is 7.91. The molecule has 3 rings (SSSR count). The van der Waals surface area contributed by atoms with Crippen molar-refractivity contribution >= 4 is 21.6 Å². The van der Waals surface area contributed by atoms with Crippen molar-refractivity contribution < 1.29 is 13.2 Å². The summed E-state index contributed by atoms with van der Waals surface area (Å²) < 4.78 is 22.9. The van der Waals surface area contributed by atoms with E-state index >= 15 is 0 Å². The molecule has 0 saturated carbocycles. The van der Waals surface area contributed by atoms with Crippen molar-refractivity contribution in [2.75, 3.05) is 16.8 Å². The Bertz CT molecular complexity index is 809. The van der Waals surface area contributed by atoms with Gasteiger partial charge in [0, 0.05) is 25.0 Å². The number of anilines is 1. The highest BCUT2D eigenvalue weighted by atomic mass is 32.2. The van der Waals surface area contributed by atoms with Crippen LogP contribution >= 0.6 is 0 Å².